The van der Waals surface area contributed by atoms with Crippen LogP contribution in [0.4, 0.5) is 9.18 Å². The average Bonchev–Trinajstić information content (AvgIpc) is 2.56. The van der Waals surface area contributed by atoms with E-state index in [-0.39, 0.29) is 31.4 Å². The molecule has 0 bridgehead atoms. The lowest BCUT2D eigenvalue weighted by molar-refractivity contribution is -0.205. The highest BCUT2D eigenvalue weighted by molar-refractivity contribution is 5.70. The van der Waals surface area contributed by atoms with Crippen LogP contribution in [0.25, 0.3) is 0 Å². The van der Waals surface area contributed by atoms with Crippen molar-refractivity contribution in [2.75, 3.05) is 26.4 Å². The molecular weight excluding hydrogens is 357 g/mol. The summed E-state index contributed by atoms with van der Waals surface area (Å²) in [6.45, 7) is 9.11. The zero-order valence-corrected chi connectivity index (χ0v) is 16.9. The highest BCUT2D eigenvalue weighted by atomic mass is 19.1. The van der Waals surface area contributed by atoms with Crippen molar-refractivity contribution in [1.82, 2.24) is 5.32 Å². The Labute approximate surface area is 160 Å². The Balaban J connectivity index is 2.47. The molecular formula is C19H32FNO6. The molecule has 1 amide bonds. The number of nitrogens with one attached hydrogen (secondary N) is 1. The van der Waals surface area contributed by atoms with Gasteiger partial charge < -0.3 is 24.3 Å². The van der Waals surface area contributed by atoms with Crippen LogP contribution in [0, 0.1) is 0 Å². The molecule has 1 aliphatic rings. The zero-order valence-electron chi connectivity index (χ0n) is 16.9. The summed E-state index contributed by atoms with van der Waals surface area (Å²) in [5.41, 5.74) is -0.904. The number of esters is 1. The number of hydrogen-bond acceptors (Lipinski definition) is 6. The van der Waals surface area contributed by atoms with Gasteiger partial charge in [0.15, 0.2) is 0 Å². The number of ether oxygens (including phenoxy) is 4. The normalized spacial score (nSPS) is 22.7. The van der Waals surface area contributed by atoms with Crippen LogP contribution >= 0.6 is 0 Å². The van der Waals surface area contributed by atoms with Crippen molar-refractivity contribution in [2.24, 2.45) is 0 Å². The SMILES string of the molecule is CCOC(=O)CO[C@@H]1CCC1(CC)OC/C(=C/F)CNC(=O)OC(C)(C)C. The molecule has 0 aliphatic heterocycles. The molecule has 156 valence electrons. The largest absolute Gasteiger partial charge is 0.464 e. The fourth-order valence-corrected chi connectivity index (χ4v) is 2.72. The molecule has 0 aromatic heterocycles. The maximum atomic E-state index is 13.2. The van der Waals surface area contributed by atoms with Crippen molar-refractivity contribution < 1.29 is 32.9 Å². The Bertz CT molecular complexity index is 527. The maximum absolute atomic E-state index is 13.2. The molecule has 0 heterocycles. The number of carbonyl (C=O) groups excluding carboxylic acids is 2. The van der Waals surface area contributed by atoms with E-state index >= 15 is 0 Å². The van der Waals surface area contributed by atoms with E-state index in [1.807, 2.05) is 6.92 Å². The van der Waals surface area contributed by atoms with Gasteiger partial charge in [-0.15, -0.1) is 0 Å². The summed E-state index contributed by atoms with van der Waals surface area (Å²) < 4.78 is 34.7. The number of alkyl carbamates (subject to hydrolysis) is 1. The highest BCUT2D eigenvalue weighted by Crippen LogP contribution is 2.41. The maximum Gasteiger partial charge on any atom is 0.407 e. The van der Waals surface area contributed by atoms with Crippen LogP contribution in [0.3, 0.4) is 0 Å². The first-order valence-corrected chi connectivity index (χ1v) is 9.32. The van der Waals surface area contributed by atoms with E-state index in [9.17, 15) is 14.0 Å². The van der Waals surface area contributed by atoms with Crippen LogP contribution in [-0.4, -0.2) is 55.7 Å². The molecule has 0 saturated heterocycles. The summed E-state index contributed by atoms with van der Waals surface area (Å²) in [6.07, 6.45) is 1.75. The van der Waals surface area contributed by atoms with E-state index in [4.69, 9.17) is 18.9 Å². The fraction of sp³-hybridized carbons (Fsp3) is 0.789. The third-order valence-corrected chi connectivity index (χ3v) is 4.28. The van der Waals surface area contributed by atoms with Gasteiger partial charge in [0.25, 0.3) is 0 Å². The molecule has 1 unspecified atom stereocenters. The van der Waals surface area contributed by atoms with Crippen LogP contribution < -0.4 is 5.32 Å². The summed E-state index contributed by atoms with van der Waals surface area (Å²) >= 11 is 0. The van der Waals surface area contributed by atoms with Gasteiger partial charge in [0, 0.05) is 12.1 Å². The average molecular weight is 389 g/mol. The molecule has 0 aromatic rings. The minimum absolute atomic E-state index is 0.0133. The lowest BCUT2D eigenvalue weighted by Crippen LogP contribution is -2.55. The molecule has 27 heavy (non-hydrogen) atoms. The lowest BCUT2D eigenvalue weighted by atomic mass is 9.74. The Hall–Kier alpha value is -1.67. The third-order valence-electron chi connectivity index (χ3n) is 4.28. The van der Waals surface area contributed by atoms with Gasteiger partial charge in [0.05, 0.1) is 31.2 Å². The predicted octanol–water partition coefficient (Wildman–Crippen LogP) is 3.27. The molecule has 1 N–H and O–H groups in total. The van der Waals surface area contributed by atoms with Crippen molar-refractivity contribution >= 4 is 12.1 Å². The Morgan fingerprint density at radius 2 is 1.96 bits per heavy atom. The van der Waals surface area contributed by atoms with Crippen molar-refractivity contribution in [3.05, 3.63) is 11.9 Å². The monoisotopic (exact) mass is 389 g/mol. The Morgan fingerprint density at radius 3 is 2.44 bits per heavy atom. The number of rotatable bonds is 10. The molecule has 7 nitrogen and oxygen atoms in total. The zero-order chi connectivity index (χ0) is 20.5. The minimum Gasteiger partial charge on any atom is -0.464 e. The number of amides is 1. The smallest absolute Gasteiger partial charge is 0.407 e. The number of halogens is 1. The van der Waals surface area contributed by atoms with Crippen LogP contribution in [0.2, 0.25) is 0 Å². The van der Waals surface area contributed by atoms with E-state index in [0.29, 0.717) is 19.4 Å². The molecule has 1 fully saturated rings. The number of carbonyl (C=O) groups is 2. The molecule has 0 spiro atoms. The van der Waals surface area contributed by atoms with E-state index in [1.54, 1.807) is 27.7 Å². The van der Waals surface area contributed by atoms with Gasteiger partial charge in [-0.1, -0.05) is 6.92 Å². The van der Waals surface area contributed by atoms with Crippen LogP contribution in [0.1, 0.15) is 53.9 Å². The second kappa shape index (κ2) is 10.6. The second-order valence-electron chi connectivity index (χ2n) is 7.47. The third kappa shape index (κ3) is 7.84. The molecule has 1 saturated carbocycles. The Kier molecular flexibility index (Phi) is 9.18. The fourth-order valence-electron chi connectivity index (χ4n) is 2.72. The summed E-state index contributed by atoms with van der Waals surface area (Å²) in [6, 6.07) is 0. The van der Waals surface area contributed by atoms with E-state index in [1.165, 1.54) is 0 Å². The van der Waals surface area contributed by atoms with Crippen LogP contribution in [0.15, 0.2) is 11.9 Å². The minimum atomic E-state index is -0.623. The van der Waals surface area contributed by atoms with Crippen LogP contribution in [-0.2, 0) is 23.7 Å². The predicted molar refractivity (Wildman–Crippen MR) is 98.0 cm³/mol. The van der Waals surface area contributed by atoms with E-state index in [2.05, 4.69) is 5.32 Å². The van der Waals surface area contributed by atoms with Crippen molar-refractivity contribution in [3.8, 4) is 0 Å². The highest BCUT2D eigenvalue weighted by Gasteiger charge is 2.47. The van der Waals surface area contributed by atoms with Gasteiger partial charge in [-0.05, 0) is 47.0 Å². The van der Waals surface area contributed by atoms with Gasteiger partial charge in [-0.3, -0.25) is 0 Å². The van der Waals surface area contributed by atoms with Gasteiger partial charge in [0.1, 0.15) is 12.2 Å². The quantitative estimate of drug-likeness (QED) is 0.578. The number of hydrogen-bond donors (Lipinski definition) is 1. The van der Waals surface area contributed by atoms with Crippen molar-refractivity contribution in [3.63, 3.8) is 0 Å². The molecule has 8 heteroatoms. The van der Waals surface area contributed by atoms with Gasteiger partial charge in [-0.2, -0.15) is 0 Å². The topological polar surface area (TPSA) is 83.1 Å². The van der Waals surface area contributed by atoms with E-state index in [0.717, 1.165) is 12.8 Å². The van der Waals surface area contributed by atoms with Gasteiger partial charge in [0.2, 0.25) is 0 Å². The molecule has 1 aliphatic carbocycles. The first kappa shape index (κ1) is 23.4. The molecule has 0 radical (unpaired) electrons. The lowest BCUT2D eigenvalue weighted by Gasteiger charge is -2.48. The molecule has 2 atom stereocenters. The summed E-state index contributed by atoms with van der Waals surface area (Å²) in [5.74, 6) is -0.416. The summed E-state index contributed by atoms with van der Waals surface area (Å²) in [5, 5.41) is 2.50. The molecule has 1 rings (SSSR count). The van der Waals surface area contributed by atoms with Crippen molar-refractivity contribution in [1.29, 1.82) is 0 Å². The van der Waals surface area contributed by atoms with Gasteiger partial charge >= 0.3 is 12.1 Å². The Morgan fingerprint density at radius 1 is 1.26 bits per heavy atom. The van der Waals surface area contributed by atoms with Crippen molar-refractivity contribution in [2.45, 2.75) is 71.2 Å². The summed E-state index contributed by atoms with van der Waals surface area (Å²) in [4.78, 5) is 23.1. The standard InChI is InChI=1S/C19H32FNO6/c1-6-19(9-8-15(19)25-13-16(22)24-7-2)26-12-14(10-20)11-21-17(23)27-18(3,4)5/h10,15H,6-9,11-13H2,1-5H3,(H,21,23)/b14-10+/t15-,19?/m1/s1. The van der Waals surface area contributed by atoms with E-state index < -0.39 is 23.3 Å². The molecule has 0 aromatic carbocycles. The van der Waals surface area contributed by atoms with Crippen LogP contribution in [0.5, 0.6) is 0 Å². The summed E-state index contributed by atoms with van der Waals surface area (Å²) in [7, 11) is 0. The first-order chi connectivity index (χ1) is 12.7. The van der Waals surface area contributed by atoms with Gasteiger partial charge in [-0.25, -0.2) is 14.0 Å². The first-order valence-electron chi connectivity index (χ1n) is 9.32. The second-order valence-corrected chi connectivity index (χ2v) is 7.47.